The van der Waals surface area contributed by atoms with Gasteiger partial charge in [-0.25, -0.2) is 0 Å². The van der Waals surface area contributed by atoms with Gasteiger partial charge in [0, 0.05) is 30.0 Å². The molecule has 0 unspecified atom stereocenters. The van der Waals surface area contributed by atoms with Gasteiger partial charge in [-0.1, -0.05) is 0 Å². The lowest BCUT2D eigenvalue weighted by Crippen LogP contribution is -2.43. The van der Waals surface area contributed by atoms with E-state index in [1.54, 1.807) is 6.20 Å². The largest absolute Gasteiger partial charge is 0.491 e. The van der Waals surface area contributed by atoms with Gasteiger partial charge in [0.05, 0.1) is 0 Å². The molecule has 0 saturated heterocycles. The molecule has 4 heteroatoms. The van der Waals surface area contributed by atoms with Gasteiger partial charge in [0.15, 0.2) is 0 Å². The maximum Gasteiger partial charge on any atom is 0.126 e. The van der Waals surface area contributed by atoms with Crippen LogP contribution < -0.4 is 10.1 Å². The van der Waals surface area contributed by atoms with Crippen LogP contribution in [0, 0.1) is 0 Å². The molecular weight excluding hydrogens is 214 g/mol. The summed E-state index contributed by atoms with van der Waals surface area (Å²) in [6, 6.07) is 1.92. The van der Waals surface area contributed by atoms with Crippen LogP contribution in [0.1, 0.15) is 19.4 Å². The van der Waals surface area contributed by atoms with Crippen LogP contribution in [0.15, 0.2) is 18.5 Å². The standard InChI is InChI=1S/C13H23N3O/c1-13(2,16(4)5)10-17-12-6-7-15-9-11(12)8-14-3/h6-7,9,14H,8,10H2,1-5H3. The molecule has 1 aromatic rings. The van der Waals surface area contributed by atoms with Crippen LogP contribution in [0.3, 0.4) is 0 Å². The summed E-state index contributed by atoms with van der Waals surface area (Å²) in [7, 11) is 6.04. The molecule has 0 aliphatic rings. The van der Waals surface area contributed by atoms with Crippen LogP contribution >= 0.6 is 0 Å². The Hall–Kier alpha value is -1.13. The zero-order valence-electron chi connectivity index (χ0n) is 11.4. The summed E-state index contributed by atoms with van der Waals surface area (Å²) in [4.78, 5) is 6.27. The van der Waals surface area contributed by atoms with Crippen molar-refractivity contribution in [3.05, 3.63) is 24.0 Å². The minimum atomic E-state index is 0.0141. The molecule has 1 N–H and O–H groups in total. The van der Waals surface area contributed by atoms with Gasteiger partial charge in [-0.2, -0.15) is 0 Å². The first kappa shape index (κ1) is 13.9. The Bertz CT molecular complexity index is 350. The molecule has 1 heterocycles. The van der Waals surface area contributed by atoms with Crippen molar-refractivity contribution in [3.8, 4) is 5.75 Å². The Balaban J connectivity index is 2.69. The number of nitrogens with one attached hydrogen (secondary N) is 1. The van der Waals surface area contributed by atoms with E-state index in [1.165, 1.54) is 0 Å². The number of nitrogens with zero attached hydrogens (tertiary/aromatic N) is 2. The molecule has 0 atom stereocenters. The van der Waals surface area contributed by atoms with Crippen LogP contribution in [0.5, 0.6) is 5.75 Å². The molecule has 96 valence electrons. The van der Waals surface area contributed by atoms with Gasteiger partial charge in [0.2, 0.25) is 0 Å². The predicted molar refractivity (Wildman–Crippen MR) is 70.3 cm³/mol. The van der Waals surface area contributed by atoms with Crippen LogP contribution in [0.2, 0.25) is 0 Å². The molecule has 0 bridgehead atoms. The van der Waals surface area contributed by atoms with Gasteiger partial charge in [0.25, 0.3) is 0 Å². The molecule has 1 aromatic heterocycles. The van der Waals surface area contributed by atoms with E-state index in [4.69, 9.17) is 4.74 Å². The third kappa shape index (κ3) is 3.98. The first-order valence-corrected chi connectivity index (χ1v) is 5.85. The molecular formula is C13H23N3O. The van der Waals surface area contributed by atoms with E-state index >= 15 is 0 Å². The summed E-state index contributed by atoms with van der Waals surface area (Å²) >= 11 is 0. The van der Waals surface area contributed by atoms with Crippen molar-refractivity contribution in [3.63, 3.8) is 0 Å². The number of rotatable bonds is 6. The first-order valence-electron chi connectivity index (χ1n) is 5.85. The van der Waals surface area contributed by atoms with E-state index < -0.39 is 0 Å². The lowest BCUT2D eigenvalue weighted by Gasteiger charge is -2.32. The summed E-state index contributed by atoms with van der Waals surface area (Å²) in [6.45, 7) is 5.74. The molecule has 17 heavy (non-hydrogen) atoms. The van der Waals surface area contributed by atoms with Gasteiger partial charge < -0.3 is 15.0 Å². The minimum absolute atomic E-state index is 0.0141. The van der Waals surface area contributed by atoms with E-state index in [-0.39, 0.29) is 5.54 Å². The lowest BCUT2D eigenvalue weighted by atomic mass is 10.1. The van der Waals surface area contributed by atoms with Crippen molar-refractivity contribution in [1.82, 2.24) is 15.2 Å². The van der Waals surface area contributed by atoms with Crippen molar-refractivity contribution in [2.45, 2.75) is 25.9 Å². The smallest absolute Gasteiger partial charge is 0.126 e. The summed E-state index contributed by atoms with van der Waals surface area (Å²) in [5.41, 5.74) is 1.10. The maximum absolute atomic E-state index is 5.89. The van der Waals surface area contributed by atoms with E-state index in [0.717, 1.165) is 17.9 Å². The number of aromatic nitrogens is 1. The van der Waals surface area contributed by atoms with Gasteiger partial charge in [-0.15, -0.1) is 0 Å². The Labute approximate surface area is 104 Å². The van der Waals surface area contributed by atoms with Gasteiger partial charge >= 0.3 is 0 Å². The van der Waals surface area contributed by atoms with Crippen molar-refractivity contribution in [1.29, 1.82) is 0 Å². The average Bonchev–Trinajstić information content (AvgIpc) is 2.28. The molecule has 0 aromatic carbocycles. The third-order valence-corrected chi connectivity index (χ3v) is 3.02. The van der Waals surface area contributed by atoms with Crippen LogP contribution in [0.25, 0.3) is 0 Å². The van der Waals surface area contributed by atoms with E-state index in [9.17, 15) is 0 Å². The van der Waals surface area contributed by atoms with Crippen molar-refractivity contribution in [2.24, 2.45) is 0 Å². The Morgan fingerprint density at radius 3 is 2.71 bits per heavy atom. The van der Waals surface area contributed by atoms with Gasteiger partial charge in [-0.3, -0.25) is 4.98 Å². The number of pyridine rings is 1. The lowest BCUT2D eigenvalue weighted by molar-refractivity contribution is 0.113. The predicted octanol–water partition coefficient (Wildman–Crippen LogP) is 1.52. The highest BCUT2D eigenvalue weighted by Crippen LogP contribution is 2.19. The summed E-state index contributed by atoms with van der Waals surface area (Å²) in [5.74, 6) is 0.907. The highest BCUT2D eigenvalue weighted by atomic mass is 16.5. The molecule has 0 spiro atoms. The Kier molecular flexibility index (Phi) is 4.90. The average molecular weight is 237 g/mol. The zero-order chi connectivity index (χ0) is 12.9. The van der Waals surface area contributed by atoms with Crippen molar-refractivity contribution in [2.75, 3.05) is 27.7 Å². The molecule has 0 aliphatic heterocycles. The number of ether oxygens (including phenoxy) is 1. The van der Waals surface area contributed by atoms with Crippen LogP contribution in [-0.4, -0.2) is 43.2 Å². The molecule has 0 fully saturated rings. The molecule has 1 rings (SSSR count). The van der Waals surface area contributed by atoms with E-state index in [2.05, 4.69) is 43.1 Å². The molecule has 0 aliphatic carbocycles. The van der Waals surface area contributed by atoms with Gasteiger partial charge in [0.1, 0.15) is 12.4 Å². The Morgan fingerprint density at radius 2 is 2.12 bits per heavy atom. The maximum atomic E-state index is 5.89. The summed E-state index contributed by atoms with van der Waals surface area (Å²) in [6.07, 6.45) is 3.60. The fourth-order valence-electron chi connectivity index (χ4n) is 1.26. The van der Waals surface area contributed by atoms with E-state index in [1.807, 2.05) is 19.3 Å². The second kappa shape index (κ2) is 5.98. The van der Waals surface area contributed by atoms with Crippen LogP contribution in [-0.2, 0) is 6.54 Å². The molecule has 0 saturated carbocycles. The van der Waals surface area contributed by atoms with Crippen LogP contribution in [0.4, 0.5) is 0 Å². The number of hydrogen-bond acceptors (Lipinski definition) is 4. The second-order valence-electron chi connectivity index (χ2n) is 5.01. The quantitative estimate of drug-likeness (QED) is 0.814. The molecule has 4 nitrogen and oxygen atoms in total. The normalized spacial score (nSPS) is 11.9. The highest BCUT2D eigenvalue weighted by molar-refractivity contribution is 5.30. The van der Waals surface area contributed by atoms with Crippen molar-refractivity contribution < 1.29 is 4.74 Å². The van der Waals surface area contributed by atoms with Gasteiger partial charge in [-0.05, 0) is 41.1 Å². The summed E-state index contributed by atoms with van der Waals surface area (Å²) in [5, 5.41) is 3.11. The monoisotopic (exact) mass is 237 g/mol. The first-order chi connectivity index (χ1) is 7.97. The zero-order valence-corrected chi connectivity index (χ0v) is 11.4. The molecule has 0 amide bonds. The summed E-state index contributed by atoms with van der Waals surface area (Å²) < 4.78 is 5.89. The fourth-order valence-corrected chi connectivity index (χ4v) is 1.26. The topological polar surface area (TPSA) is 37.4 Å². The fraction of sp³-hybridized carbons (Fsp3) is 0.615. The molecule has 0 radical (unpaired) electrons. The number of hydrogen-bond donors (Lipinski definition) is 1. The third-order valence-electron chi connectivity index (χ3n) is 3.02. The minimum Gasteiger partial charge on any atom is -0.491 e. The van der Waals surface area contributed by atoms with E-state index in [0.29, 0.717) is 6.61 Å². The number of likely N-dealkylation sites (N-methyl/N-ethyl adjacent to an activating group) is 1. The highest BCUT2D eigenvalue weighted by Gasteiger charge is 2.21. The SMILES string of the molecule is CNCc1cnccc1OCC(C)(C)N(C)C. The Morgan fingerprint density at radius 1 is 1.41 bits per heavy atom. The van der Waals surface area contributed by atoms with Crippen molar-refractivity contribution >= 4 is 0 Å². The second-order valence-corrected chi connectivity index (χ2v) is 5.01.